The van der Waals surface area contributed by atoms with Gasteiger partial charge in [0.1, 0.15) is 0 Å². The Hall–Kier alpha value is -2.00. The Morgan fingerprint density at radius 2 is 2.21 bits per heavy atom. The average Bonchev–Trinajstić information content (AvgIpc) is 3.08. The van der Waals surface area contributed by atoms with Crippen molar-refractivity contribution in [2.45, 2.75) is 23.7 Å². The van der Waals surface area contributed by atoms with Crippen LogP contribution in [-0.2, 0) is 9.84 Å². The monoisotopic (exact) mass is 367 g/mol. The second-order valence-electron chi connectivity index (χ2n) is 5.84. The molecule has 7 nitrogen and oxygen atoms in total. The zero-order valence-corrected chi connectivity index (χ0v) is 14.7. The highest BCUT2D eigenvalue weighted by Crippen LogP contribution is 2.35. The lowest BCUT2D eigenvalue weighted by Crippen LogP contribution is -2.35. The van der Waals surface area contributed by atoms with Crippen LogP contribution in [0, 0.1) is 10.1 Å². The molecule has 0 spiro atoms. The van der Waals surface area contributed by atoms with Gasteiger partial charge in [0.15, 0.2) is 9.84 Å². The van der Waals surface area contributed by atoms with Crippen molar-refractivity contribution in [3.63, 3.8) is 0 Å². The van der Waals surface area contributed by atoms with Crippen molar-refractivity contribution in [1.82, 2.24) is 4.98 Å². The van der Waals surface area contributed by atoms with Crippen LogP contribution >= 0.6 is 11.3 Å². The molecular formula is C15H17N3O4S2. The largest absolute Gasteiger partial charge is 0.370 e. The van der Waals surface area contributed by atoms with E-state index in [2.05, 4.69) is 4.98 Å². The van der Waals surface area contributed by atoms with E-state index in [0.29, 0.717) is 12.2 Å². The van der Waals surface area contributed by atoms with Gasteiger partial charge in [0.25, 0.3) is 5.69 Å². The maximum Gasteiger partial charge on any atom is 0.270 e. The highest BCUT2D eigenvalue weighted by atomic mass is 32.2. The molecule has 0 aliphatic carbocycles. The Bertz CT molecular complexity index is 850. The molecule has 24 heavy (non-hydrogen) atoms. The number of benzene rings is 1. The number of rotatable bonds is 4. The van der Waals surface area contributed by atoms with Crippen molar-refractivity contribution in [3.8, 4) is 0 Å². The van der Waals surface area contributed by atoms with Crippen LogP contribution < -0.4 is 4.90 Å². The number of aromatic nitrogens is 1. The minimum absolute atomic E-state index is 0.0106. The van der Waals surface area contributed by atoms with Gasteiger partial charge in [-0.05, 0) is 18.9 Å². The van der Waals surface area contributed by atoms with Crippen LogP contribution in [0.2, 0.25) is 0 Å². The van der Waals surface area contributed by atoms with Crippen LogP contribution in [0.4, 0.5) is 11.4 Å². The van der Waals surface area contributed by atoms with E-state index in [9.17, 15) is 18.5 Å². The maximum atomic E-state index is 12.1. The van der Waals surface area contributed by atoms with Crippen molar-refractivity contribution in [3.05, 3.63) is 44.9 Å². The summed E-state index contributed by atoms with van der Waals surface area (Å²) in [5.41, 5.74) is 0.317. The number of thiazole rings is 1. The van der Waals surface area contributed by atoms with Gasteiger partial charge in [-0.15, -0.1) is 11.3 Å². The highest BCUT2D eigenvalue weighted by molar-refractivity contribution is 7.90. The Morgan fingerprint density at radius 3 is 2.83 bits per heavy atom. The highest BCUT2D eigenvalue weighted by Gasteiger charge is 2.27. The third kappa shape index (κ3) is 3.41. The minimum atomic E-state index is -3.57. The Balaban J connectivity index is 1.97. The number of nitrogens with zero attached hydrogens (tertiary/aromatic N) is 3. The zero-order chi connectivity index (χ0) is 17.3. The summed E-state index contributed by atoms with van der Waals surface area (Å²) in [5.74, 6) is 0.251. The van der Waals surface area contributed by atoms with Gasteiger partial charge < -0.3 is 4.90 Å². The lowest BCUT2D eigenvalue weighted by Gasteiger charge is -2.34. The zero-order valence-electron chi connectivity index (χ0n) is 13.1. The molecule has 0 amide bonds. The van der Waals surface area contributed by atoms with Gasteiger partial charge in [0, 0.05) is 49.0 Å². The summed E-state index contributed by atoms with van der Waals surface area (Å²) in [6.07, 6.45) is 4.78. The first-order valence-electron chi connectivity index (χ1n) is 7.49. The van der Waals surface area contributed by atoms with Crippen molar-refractivity contribution in [1.29, 1.82) is 0 Å². The summed E-state index contributed by atoms with van der Waals surface area (Å²) in [6.45, 7) is 1.38. The van der Waals surface area contributed by atoms with Crippen LogP contribution in [0.1, 0.15) is 23.8 Å². The van der Waals surface area contributed by atoms with Crippen LogP contribution in [0.15, 0.2) is 34.7 Å². The normalized spacial score (nSPS) is 18.5. The number of nitro benzene ring substituents is 1. The van der Waals surface area contributed by atoms with Gasteiger partial charge in [-0.2, -0.15) is 0 Å². The second-order valence-corrected chi connectivity index (χ2v) is 8.75. The fourth-order valence-electron chi connectivity index (χ4n) is 3.01. The van der Waals surface area contributed by atoms with Gasteiger partial charge in [-0.3, -0.25) is 10.1 Å². The standard InChI is InChI=1S/C15H17N3O4S2/c1-24(21,22)14-9-12(18(19)20)4-5-13(14)17-7-2-3-11(10-17)15-16-6-8-23-15/h4-6,8-9,11H,2-3,7,10H2,1H3. The average molecular weight is 367 g/mol. The van der Waals surface area contributed by atoms with Crippen LogP contribution in [0.3, 0.4) is 0 Å². The van der Waals surface area contributed by atoms with Crippen molar-refractivity contribution in [2.24, 2.45) is 0 Å². The first-order valence-corrected chi connectivity index (χ1v) is 10.3. The molecular weight excluding hydrogens is 350 g/mol. The lowest BCUT2D eigenvalue weighted by molar-refractivity contribution is -0.385. The number of hydrogen-bond donors (Lipinski definition) is 0. The third-order valence-electron chi connectivity index (χ3n) is 4.12. The second kappa shape index (κ2) is 6.48. The fourth-order valence-corrected chi connectivity index (χ4v) is 4.69. The Kier molecular flexibility index (Phi) is 4.55. The SMILES string of the molecule is CS(=O)(=O)c1cc([N+](=O)[O-])ccc1N1CCCC(c2nccs2)C1. The maximum absolute atomic E-state index is 12.1. The van der Waals surface area contributed by atoms with E-state index < -0.39 is 14.8 Å². The van der Waals surface area contributed by atoms with E-state index in [-0.39, 0.29) is 16.5 Å². The first-order chi connectivity index (χ1) is 11.4. The van der Waals surface area contributed by atoms with E-state index in [1.54, 1.807) is 23.6 Å². The predicted octanol–water partition coefficient (Wildman–Crippen LogP) is 2.84. The quantitative estimate of drug-likeness (QED) is 0.609. The van der Waals surface area contributed by atoms with E-state index in [1.807, 2.05) is 10.3 Å². The third-order valence-corrected chi connectivity index (χ3v) is 6.18. The van der Waals surface area contributed by atoms with E-state index in [1.165, 1.54) is 6.07 Å². The molecule has 1 aliphatic rings. The Labute approximate surface area is 144 Å². The summed E-state index contributed by atoms with van der Waals surface area (Å²) in [4.78, 5) is 16.8. The van der Waals surface area contributed by atoms with Crippen LogP contribution in [0.5, 0.6) is 0 Å². The molecule has 9 heteroatoms. The van der Waals surface area contributed by atoms with Gasteiger partial charge in [0.05, 0.1) is 20.5 Å². The minimum Gasteiger partial charge on any atom is -0.370 e. The van der Waals surface area contributed by atoms with E-state index in [4.69, 9.17) is 0 Å². The van der Waals surface area contributed by atoms with Crippen LogP contribution in [-0.4, -0.2) is 37.7 Å². The number of hydrogen-bond acceptors (Lipinski definition) is 7. The first kappa shape index (κ1) is 16.8. The van der Waals surface area contributed by atoms with E-state index in [0.717, 1.165) is 36.7 Å². The molecule has 0 saturated carbocycles. The molecule has 3 rings (SSSR count). The number of anilines is 1. The molecule has 1 aliphatic heterocycles. The summed E-state index contributed by atoms with van der Waals surface area (Å²) >= 11 is 1.60. The summed E-state index contributed by atoms with van der Waals surface area (Å²) in [5, 5.41) is 13.9. The molecule has 1 aromatic carbocycles. The molecule has 1 atom stereocenters. The van der Waals surface area contributed by atoms with Gasteiger partial charge >= 0.3 is 0 Å². The molecule has 128 valence electrons. The Morgan fingerprint density at radius 1 is 1.42 bits per heavy atom. The lowest BCUT2D eigenvalue weighted by atomic mass is 9.98. The van der Waals surface area contributed by atoms with Gasteiger partial charge in [-0.1, -0.05) is 0 Å². The molecule has 2 aromatic rings. The van der Waals surface area contributed by atoms with Crippen molar-refractivity contribution >= 4 is 32.5 Å². The van der Waals surface area contributed by atoms with E-state index >= 15 is 0 Å². The number of piperidine rings is 1. The van der Waals surface area contributed by atoms with Gasteiger partial charge in [0.2, 0.25) is 0 Å². The fraction of sp³-hybridized carbons (Fsp3) is 0.400. The topological polar surface area (TPSA) is 93.4 Å². The molecule has 0 N–H and O–H groups in total. The molecule has 0 radical (unpaired) electrons. The van der Waals surface area contributed by atoms with Crippen molar-refractivity contribution in [2.75, 3.05) is 24.2 Å². The summed E-state index contributed by atoms with van der Waals surface area (Å²) in [7, 11) is -3.57. The predicted molar refractivity (Wildman–Crippen MR) is 92.5 cm³/mol. The van der Waals surface area contributed by atoms with Gasteiger partial charge in [-0.25, -0.2) is 13.4 Å². The number of nitro groups is 1. The molecule has 1 fully saturated rings. The molecule has 1 aromatic heterocycles. The van der Waals surface area contributed by atoms with Crippen molar-refractivity contribution < 1.29 is 13.3 Å². The number of non-ortho nitro benzene ring substituents is 1. The molecule has 1 unspecified atom stereocenters. The smallest absolute Gasteiger partial charge is 0.270 e. The molecule has 0 bridgehead atoms. The molecule has 2 heterocycles. The summed E-state index contributed by atoms with van der Waals surface area (Å²) in [6, 6.07) is 4.05. The summed E-state index contributed by atoms with van der Waals surface area (Å²) < 4.78 is 24.2. The number of sulfone groups is 1. The van der Waals surface area contributed by atoms with Crippen LogP contribution in [0.25, 0.3) is 0 Å². The molecule has 1 saturated heterocycles.